The maximum absolute atomic E-state index is 12.8. The number of alkyl halides is 6. The number of benzene rings is 1. The van der Waals surface area contributed by atoms with E-state index in [0.717, 1.165) is 10.9 Å². The molecule has 0 saturated heterocycles. The first-order valence-electron chi connectivity index (χ1n) is 8.48. The maximum atomic E-state index is 12.8. The van der Waals surface area contributed by atoms with Crippen LogP contribution in [0.3, 0.4) is 0 Å². The Labute approximate surface area is 166 Å². The van der Waals surface area contributed by atoms with E-state index >= 15 is 0 Å². The first-order chi connectivity index (χ1) is 13.9. The molecule has 1 amide bonds. The van der Waals surface area contributed by atoms with Crippen LogP contribution < -0.4 is 5.32 Å². The van der Waals surface area contributed by atoms with Gasteiger partial charge in [-0.25, -0.2) is 0 Å². The number of rotatable bonds is 4. The summed E-state index contributed by atoms with van der Waals surface area (Å²) >= 11 is 0. The highest BCUT2D eigenvalue weighted by Gasteiger charge is 2.33. The predicted molar refractivity (Wildman–Crippen MR) is 95.6 cm³/mol. The van der Waals surface area contributed by atoms with Gasteiger partial charge < -0.3 is 5.32 Å². The zero-order valence-corrected chi connectivity index (χ0v) is 15.3. The zero-order valence-electron chi connectivity index (χ0n) is 15.3. The van der Waals surface area contributed by atoms with Crippen molar-refractivity contribution in [2.24, 2.45) is 7.05 Å². The van der Waals surface area contributed by atoms with Crippen molar-refractivity contribution in [2.45, 2.75) is 18.8 Å². The van der Waals surface area contributed by atoms with Crippen LogP contribution in [0.25, 0.3) is 11.3 Å². The summed E-state index contributed by atoms with van der Waals surface area (Å²) < 4.78 is 77.9. The fourth-order valence-corrected chi connectivity index (χ4v) is 2.81. The standard InChI is InChI=1S/C19H14F6N4O/c1-29-15(17(30)27-12-6-7-26-16(8-12)19(23,24)25)9-14(28-29)13-5-3-2-4-11(13)10-18(20,21)22/h2-9H,10H2,1H3,(H,26,27,30). The second kappa shape index (κ2) is 7.81. The fourth-order valence-electron chi connectivity index (χ4n) is 2.81. The lowest BCUT2D eigenvalue weighted by Crippen LogP contribution is -2.17. The lowest BCUT2D eigenvalue weighted by atomic mass is 10.0. The molecule has 3 rings (SSSR count). The monoisotopic (exact) mass is 428 g/mol. The average molecular weight is 428 g/mol. The van der Waals surface area contributed by atoms with Crippen molar-refractivity contribution in [2.75, 3.05) is 5.32 Å². The van der Waals surface area contributed by atoms with Crippen LogP contribution in [-0.4, -0.2) is 26.8 Å². The van der Waals surface area contributed by atoms with Gasteiger partial charge in [0, 0.05) is 24.5 Å². The van der Waals surface area contributed by atoms with Crippen LogP contribution in [0.2, 0.25) is 0 Å². The van der Waals surface area contributed by atoms with Gasteiger partial charge in [0.05, 0.1) is 12.1 Å². The summed E-state index contributed by atoms with van der Waals surface area (Å²) in [5, 5.41) is 6.40. The molecule has 0 aliphatic rings. The maximum Gasteiger partial charge on any atom is 0.433 e. The molecule has 0 unspecified atom stereocenters. The average Bonchev–Trinajstić information content (AvgIpc) is 3.02. The molecule has 0 spiro atoms. The first-order valence-corrected chi connectivity index (χ1v) is 8.48. The third-order valence-corrected chi connectivity index (χ3v) is 4.10. The van der Waals surface area contributed by atoms with Gasteiger partial charge in [0.15, 0.2) is 0 Å². The van der Waals surface area contributed by atoms with Gasteiger partial charge in [-0.1, -0.05) is 24.3 Å². The summed E-state index contributed by atoms with van der Waals surface area (Å²) in [7, 11) is 1.40. The van der Waals surface area contributed by atoms with Crippen LogP contribution in [0.4, 0.5) is 32.0 Å². The van der Waals surface area contributed by atoms with Crippen molar-refractivity contribution < 1.29 is 31.1 Å². The van der Waals surface area contributed by atoms with Gasteiger partial charge in [0.25, 0.3) is 5.91 Å². The lowest BCUT2D eigenvalue weighted by molar-refractivity contribution is -0.141. The summed E-state index contributed by atoms with van der Waals surface area (Å²) in [4.78, 5) is 15.7. The lowest BCUT2D eigenvalue weighted by Gasteiger charge is -2.10. The van der Waals surface area contributed by atoms with Crippen molar-refractivity contribution in [3.63, 3.8) is 0 Å². The fraction of sp³-hybridized carbons (Fsp3) is 0.211. The summed E-state index contributed by atoms with van der Waals surface area (Å²) in [6.07, 6.45) is -9.37. The van der Waals surface area contributed by atoms with E-state index in [2.05, 4.69) is 15.4 Å². The number of hydrogen-bond acceptors (Lipinski definition) is 3. The van der Waals surface area contributed by atoms with Gasteiger partial charge in [-0.3, -0.25) is 14.5 Å². The van der Waals surface area contributed by atoms with Crippen LogP contribution in [0.15, 0.2) is 48.7 Å². The Bertz CT molecular complexity index is 1070. The topological polar surface area (TPSA) is 59.8 Å². The van der Waals surface area contributed by atoms with Crippen molar-refractivity contribution in [1.82, 2.24) is 14.8 Å². The smallest absolute Gasteiger partial charge is 0.321 e. The van der Waals surface area contributed by atoms with Crippen LogP contribution in [-0.2, 0) is 19.6 Å². The van der Waals surface area contributed by atoms with Gasteiger partial charge in [0.1, 0.15) is 11.4 Å². The van der Waals surface area contributed by atoms with Gasteiger partial charge in [-0.05, 0) is 23.8 Å². The summed E-state index contributed by atoms with van der Waals surface area (Å²) in [6.45, 7) is 0. The van der Waals surface area contributed by atoms with Crippen molar-refractivity contribution >= 4 is 11.6 Å². The SMILES string of the molecule is Cn1nc(-c2ccccc2CC(F)(F)F)cc1C(=O)Nc1ccnc(C(F)(F)F)c1. The molecule has 0 saturated carbocycles. The van der Waals surface area contributed by atoms with E-state index in [4.69, 9.17) is 0 Å². The molecule has 3 aromatic rings. The van der Waals surface area contributed by atoms with E-state index in [-0.39, 0.29) is 28.2 Å². The number of hydrogen-bond donors (Lipinski definition) is 1. The van der Waals surface area contributed by atoms with Gasteiger partial charge in [-0.2, -0.15) is 31.4 Å². The molecule has 0 bridgehead atoms. The minimum Gasteiger partial charge on any atom is -0.321 e. The molecule has 1 N–H and O–H groups in total. The normalized spacial score (nSPS) is 12.1. The van der Waals surface area contributed by atoms with E-state index < -0.39 is 30.4 Å². The number of nitrogens with one attached hydrogen (secondary N) is 1. The number of halogens is 6. The molecule has 30 heavy (non-hydrogen) atoms. The first kappa shape index (κ1) is 21.3. The molecule has 158 valence electrons. The van der Waals surface area contributed by atoms with Gasteiger partial charge >= 0.3 is 12.4 Å². The van der Waals surface area contributed by atoms with Crippen LogP contribution in [0.1, 0.15) is 21.7 Å². The van der Waals surface area contributed by atoms with E-state index in [9.17, 15) is 31.1 Å². The Morgan fingerprint density at radius 1 is 1.07 bits per heavy atom. The zero-order chi connectivity index (χ0) is 22.1. The highest BCUT2D eigenvalue weighted by atomic mass is 19.4. The molecule has 0 aliphatic heterocycles. The van der Waals surface area contributed by atoms with Crippen LogP contribution >= 0.6 is 0 Å². The number of carbonyl (C=O) groups is 1. The van der Waals surface area contributed by atoms with Crippen LogP contribution in [0, 0.1) is 0 Å². The third-order valence-electron chi connectivity index (χ3n) is 4.10. The molecule has 1 aromatic carbocycles. The van der Waals surface area contributed by atoms with E-state index in [0.29, 0.717) is 6.07 Å². The van der Waals surface area contributed by atoms with Crippen molar-refractivity contribution in [1.29, 1.82) is 0 Å². The molecule has 0 radical (unpaired) electrons. The third kappa shape index (κ3) is 4.97. The number of pyridine rings is 1. The second-order valence-electron chi connectivity index (χ2n) is 6.37. The van der Waals surface area contributed by atoms with Crippen molar-refractivity contribution in [3.8, 4) is 11.3 Å². The Morgan fingerprint density at radius 2 is 1.77 bits per heavy atom. The number of nitrogens with zero attached hydrogens (tertiary/aromatic N) is 3. The molecule has 2 heterocycles. The molecule has 5 nitrogen and oxygen atoms in total. The number of aromatic nitrogens is 3. The van der Waals surface area contributed by atoms with E-state index in [1.165, 1.54) is 37.4 Å². The molecule has 2 aromatic heterocycles. The molecule has 11 heteroatoms. The quantitative estimate of drug-likeness (QED) is 0.604. The van der Waals surface area contributed by atoms with E-state index in [1.54, 1.807) is 6.07 Å². The Kier molecular flexibility index (Phi) is 5.55. The Hall–Kier alpha value is -3.37. The molecule has 0 aliphatic carbocycles. The molecular weight excluding hydrogens is 414 g/mol. The Balaban J connectivity index is 1.88. The molecular formula is C19H14F6N4O. The van der Waals surface area contributed by atoms with Crippen molar-refractivity contribution in [3.05, 3.63) is 65.6 Å². The Morgan fingerprint density at radius 3 is 2.43 bits per heavy atom. The molecule has 0 atom stereocenters. The summed E-state index contributed by atoms with van der Waals surface area (Å²) in [5.74, 6) is -0.774. The predicted octanol–water partition coefficient (Wildman–Crippen LogP) is 4.86. The minimum atomic E-state index is -4.68. The van der Waals surface area contributed by atoms with E-state index in [1.807, 2.05) is 0 Å². The van der Waals surface area contributed by atoms with Crippen LogP contribution in [0.5, 0.6) is 0 Å². The number of anilines is 1. The largest absolute Gasteiger partial charge is 0.433 e. The van der Waals surface area contributed by atoms with Gasteiger partial charge in [-0.15, -0.1) is 0 Å². The summed E-state index contributed by atoms with van der Waals surface area (Å²) in [5.41, 5.74) is -1.04. The summed E-state index contributed by atoms with van der Waals surface area (Å²) in [6, 6.07) is 8.89. The number of amides is 1. The molecule has 0 fully saturated rings. The highest BCUT2D eigenvalue weighted by Crippen LogP contribution is 2.30. The number of aryl methyl sites for hydroxylation is 1. The number of carbonyl (C=O) groups excluding carboxylic acids is 1. The van der Waals surface area contributed by atoms with Gasteiger partial charge in [0.2, 0.25) is 0 Å². The highest BCUT2D eigenvalue weighted by molar-refractivity contribution is 6.03. The second-order valence-corrected chi connectivity index (χ2v) is 6.37. The minimum absolute atomic E-state index is 0.0148.